The fourth-order valence-electron chi connectivity index (χ4n) is 5.13. The summed E-state index contributed by atoms with van der Waals surface area (Å²) in [6, 6.07) is 7.05. The van der Waals surface area contributed by atoms with Crippen molar-refractivity contribution in [1.82, 2.24) is 9.80 Å². The summed E-state index contributed by atoms with van der Waals surface area (Å²) in [5, 5.41) is 0. The molecule has 2 aliphatic carbocycles. The van der Waals surface area contributed by atoms with Gasteiger partial charge in [0.15, 0.2) is 0 Å². The first-order valence-electron chi connectivity index (χ1n) is 9.44. The lowest BCUT2D eigenvalue weighted by molar-refractivity contribution is 0.0676. The highest BCUT2D eigenvalue weighted by Gasteiger charge is 2.42. The van der Waals surface area contributed by atoms with Crippen LogP contribution >= 0.6 is 0 Å². The van der Waals surface area contributed by atoms with Gasteiger partial charge in [-0.1, -0.05) is 12.5 Å². The molecule has 1 aromatic carbocycles. The third kappa shape index (κ3) is 3.14. The standard InChI is InChI=1S/C20H30N2O2/c1-23-18-6-5-17(20(13-18)24-2)14-21-7-9-22(10-8-21)19-12-15-3-4-16(19)11-15/h5-6,13,15-16,19H,3-4,7-12,14H2,1-2H3/t15-,16-,19+/m0/s1. The summed E-state index contributed by atoms with van der Waals surface area (Å²) in [7, 11) is 3.44. The van der Waals surface area contributed by atoms with Crippen molar-refractivity contribution in [3.05, 3.63) is 23.8 Å². The van der Waals surface area contributed by atoms with Gasteiger partial charge < -0.3 is 9.47 Å². The van der Waals surface area contributed by atoms with E-state index in [0.717, 1.165) is 35.9 Å². The summed E-state index contributed by atoms with van der Waals surface area (Å²) in [4.78, 5) is 5.35. The van der Waals surface area contributed by atoms with Gasteiger partial charge in [-0.05, 0) is 37.2 Å². The second kappa shape index (κ2) is 6.93. The van der Waals surface area contributed by atoms with Gasteiger partial charge in [-0.2, -0.15) is 0 Å². The normalized spacial score (nSPS) is 30.7. The van der Waals surface area contributed by atoms with Gasteiger partial charge in [-0.15, -0.1) is 0 Å². The van der Waals surface area contributed by atoms with Crippen molar-refractivity contribution in [2.75, 3.05) is 40.4 Å². The quantitative estimate of drug-likeness (QED) is 0.828. The van der Waals surface area contributed by atoms with E-state index in [1.165, 1.54) is 57.4 Å². The van der Waals surface area contributed by atoms with Crippen molar-refractivity contribution < 1.29 is 9.47 Å². The minimum absolute atomic E-state index is 0.858. The van der Waals surface area contributed by atoms with Crippen LogP contribution in [0.25, 0.3) is 0 Å². The molecular weight excluding hydrogens is 300 g/mol. The number of nitrogens with zero attached hydrogens (tertiary/aromatic N) is 2. The third-order valence-electron chi connectivity index (χ3n) is 6.46. The molecule has 0 radical (unpaired) electrons. The molecule has 1 aromatic rings. The van der Waals surface area contributed by atoms with Crippen LogP contribution in [0.3, 0.4) is 0 Å². The van der Waals surface area contributed by atoms with Crippen LogP contribution in [-0.2, 0) is 6.54 Å². The first kappa shape index (κ1) is 16.2. The van der Waals surface area contributed by atoms with E-state index in [-0.39, 0.29) is 0 Å². The van der Waals surface area contributed by atoms with Crippen LogP contribution in [0.1, 0.15) is 31.2 Å². The maximum absolute atomic E-state index is 5.55. The molecule has 3 fully saturated rings. The predicted octanol–water partition coefficient (Wildman–Crippen LogP) is 3.01. The van der Waals surface area contributed by atoms with E-state index in [1.807, 2.05) is 12.1 Å². The fourth-order valence-corrected chi connectivity index (χ4v) is 5.13. The summed E-state index contributed by atoms with van der Waals surface area (Å²) in [5.41, 5.74) is 1.26. The smallest absolute Gasteiger partial charge is 0.127 e. The van der Waals surface area contributed by atoms with Crippen LogP contribution in [0, 0.1) is 11.8 Å². The Morgan fingerprint density at radius 1 is 1.00 bits per heavy atom. The molecule has 0 amide bonds. The second-order valence-electron chi connectivity index (χ2n) is 7.73. The van der Waals surface area contributed by atoms with Gasteiger partial charge in [0.2, 0.25) is 0 Å². The molecule has 0 N–H and O–H groups in total. The van der Waals surface area contributed by atoms with Gasteiger partial charge in [-0.25, -0.2) is 0 Å². The fraction of sp³-hybridized carbons (Fsp3) is 0.700. The van der Waals surface area contributed by atoms with Gasteiger partial charge in [-0.3, -0.25) is 9.80 Å². The monoisotopic (exact) mass is 330 g/mol. The van der Waals surface area contributed by atoms with Crippen molar-refractivity contribution in [1.29, 1.82) is 0 Å². The maximum atomic E-state index is 5.55. The molecule has 4 heteroatoms. The Morgan fingerprint density at radius 3 is 2.46 bits per heavy atom. The SMILES string of the molecule is COc1ccc(CN2CCN([C@@H]3C[C@H]4CC[C@H]3C4)CC2)c(OC)c1. The van der Waals surface area contributed by atoms with Crippen LogP contribution in [-0.4, -0.2) is 56.2 Å². The molecule has 0 unspecified atom stereocenters. The summed E-state index contributed by atoms with van der Waals surface area (Å²) < 4.78 is 10.8. The van der Waals surface area contributed by atoms with E-state index in [0.29, 0.717) is 0 Å². The number of ether oxygens (including phenoxy) is 2. The zero-order valence-electron chi connectivity index (χ0n) is 15.0. The Morgan fingerprint density at radius 2 is 1.83 bits per heavy atom. The third-order valence-corrected chi connectivity index (χ3v) is 6.46. The Hall–Kier alpha value is -1.26. The number of hydrogen-bond acceptors (Lipinski definition) is 4. The van der Waals surface area contributed by atoms with Crippen LogP contribution in [0.2, 0.25) is 0 Å². The van der Waals surface area contributed by atoms with E-state index >= 15 is 0 Å². The second-order valence-corrected chi connectivity index (χ2v) is 7.73. The summed E-state index contributed by atoms with van der Waals surface area (Å²) >= 11 is 0. The zero-order chi connectivity index (χ0) is 16.5. The van der Waals surface area contributed by atoms with E-state index < -0.39 is 0 Å². The molecule has 2 bridgehead atoms. The summed E-state index contributed by atoms with van der Waals surface area (Å²) in [6.45, 7) is 5.77. The van der Waals surface area contributed by atoms with E-state index in [2.05, 4.69) is 15.9 Å². The van der Waals surface area contributed by atoms with Crippen molar-refractivity contribution in [3.8, 4) is 11.5 Å². The Bertz CT molecular complexity index is 569. The van der Waals surface area contributed by atoms with Gasteiger partial charge in [0.25, 0.3) is 0 Å². The molecular formula is C20H30N2O2. The van der Waals surface area contributed by atoms with Crippen LogP contribution < -0.4 is 9.47 Å². The van der Waals surface area contributed by atoms with E-state index in [4.69, 9.17) is 9.47 Å². The molecule has 3 aliphatic rings. The molecule has 1 aliphatic heterocycles. The lowest BCUT2D eigenvalue weighted by Crippen LogP contribution is -2.51. The molecule has 3 atom stereocenters. The minimum Gasteiger partial charge on any atom is -0.497 e. The van der Waals surface area contributed by atoms with Gasteiger partial charge in [0.1, 0.15) is 11.5 Å². The molecule has 0 spiro atoms. The number of hydrogen-bond donors (Lipinski definition) is 0. The zero-order valence-corrected chi connectivity index (χ0v) is 15.0. The van der Waals surface area contributed by atoms with Crippen molar-refractivity contribution in [2.45, 2.75) is 38.3 Å². The van der Waals surface area contributed by atoms with Crippen molar-refractivity contribution in [3.63, 3.8) is 0 Å². The maximum Gasteiger partial charge on any atom is 0.127 e. The Kier molecular flexibility index (Phi) is 4.68. The number of benzene rings is 1. The molecule has 132 valence electrons. The molecule has 4 rings (SSSR count). The van der Waals surface area contributed by atoms with E-state index in [1.54, 1.807) is 14.2 Å². The minimum atomic E-state index is 0.858. The van der Waals surface area contributed by atoms with Crippen molar-refractivity contribution in [2.24, 2.45) is 11.8 Å². The number of rotatable bonds is 5. The van der Waals surface area contributed by atoms with Crippen LogP contribution in [0.4, 0.5) is 0 Å². The molecule has 4 nitrogen and oxygen atoms in total. The summed E-state index contributed by atoms with van der Waals surface area (Å²) in [6.07, 6.45) is 5.96. The first-order valence-corrected chi connectivity index (χ1v) is 9.44. The van der Waals surface area contributed by atoms with Crippen LogP contribution in [0.15, 0.2) is 18.2 Å². The lowest BCUT2D eigenvalue weighted by atomic mass is 9.93. The van der Waals surface area contributed by atoms with Gasteiger partial charge in [0, 0.05) is 50.4 Å². The highest BCUT2D eigenvalue weighted by molar-refractivity contribution is 5.40. The Balaban J connectivity index is 1.33. The van der Waals surface area contributed by atoms with Crippen molar-refractivity contribution >= 4 is 0 Å². The largest absolute Gasteiger partial charge is 0.497 e. The number of methoxy groups -OCH3 is 2. The summed E-state index contributed by atoms with van der Waals surface area (Å²) in [5.74, 6) is 3.84. The first-order chi connectivity index (χ1) is 11.8. The van der Waals surface area contributed by atoms with Gasteiger partial charge in [0.05, 0.1) is 14.2 Å². The molecule has 24 heavy (non-hydrogen) atoms. The lowest BCUT2D eigenvalue weighted by Gasteiger charge is -2.41. The highest BCUT2D eigenvalue weighted by Crippen LogP contribution is 2.46. The van der Waals surface area contributed by atoms with E-state index in [9.17, 15) is 0 Å². The molecule has 0 aromatic heterocycles. The number of fused-ring (bicyclic) bond motifs is 2. The average Bonchev–Trinajstić information content (AvgIpc) is 3.26. The van der Waals surface area contributed by atoms with Crippen LogP contribution in [0.5, 0.6) is 11.5 Å². The molecule has 2 saturated carbocycles. The molecule has 1 heterocycles. The van der Waals surface area contributed by atoms with Gasteiger partial charge >= 0.3 is 0 Å². The predicted molar refractivity (Wildman–Crippen MR) is 95.6 cm³/mol. The topological polar surface area (TPSA) is 24.9 Å². The average molecular weight is 330 g/mol. The number of piperazine rings is 1. The molecule has 1 saturated heterocycles. The Labute approximate surface area is 145 Å². The highest BCUT2D eigenvalue weighted by atomic mass is 16.5.